The predicted octanol–water partition coefficient (Wildman–Crippen LogP) is 4.49. The first-order valence-electron chi connectivity index (χ1n) is 11.9. The van der Waals surface area contributed by atoms with E-state index in [-0.39, 0.29) is 28.3 Å². The third kappa shape index (κ3) is 8.33. The van der Waals surface area contributed by atoms with Gasteiger partial charge >= 0.3 is 6.36 Å². The number of ether oxygens (including phenoxy) is 1. The van der Waals surface area contributed by atoms with Gasteiger partial charge in [0.25, 0.3) is 5.91 Å². The molecular weight excluding hydrogens is 531 g/mol. The van der Waals surface area contributed by atoms with E-state index < -0.39 is 27.9 Å². The molecule has 7 nitrogen and oxygen atoms in total. The molecule has 1 heterocycles. The minimum atomic E-state index is -4.92. The fourth-order valence-corrected chi connectivity index (χ4v) is 5.51. The summed E-state index contributed by atoms with van der Waals surface area (Å²) >= 11 is 6.03. The summed E-state index contributed by atoms with van der Waals surface area (Å²) in [5, 5.41) is 2.89. The number of nitrogens with one attached hydrogen (secondary N) is 1. The van der Waals surface area contributed by atoms with Crippen molar-refractivity contribution in [2.24, 2.45) is 0 Å². The molecule has 1 fully saturated rings. The van der Waals surface area contributed by atoms with Gasteiger partial charge in [-0.3, -0.25) is 14.6 Å². The highest BCUT2D eigenvalue weighted by molar-refractivity contribution is 7.91. The van der Waals surface area contributed by atoms with E-state index in [2.05, 4.69) is 33.7 Å². The molecule has 1 N–H and O–H groups in total. The summed E-state index contributed by atoms with van der Waals surface area (Å²) in [7, 11) is -3.58. The van der Waals surface area contributed by atoms with Crippen molar-refractivity contribution in [1.82, 2.24) is 15.1 Å². The minimum absolute atomic E-state index is 0.0282. The summed E-state index contributed by atoms with van der Waals surface area (Å²) in [6.45, 7) is 9.08. The summed E-state index contributed by atoms with van der Waals surface area (Å²) in [6, 6.07) is 8.49. The van der Waals surface area contributed by atoms with E-state index in [9.17, 15) is 26.4 Å². The molecule has 0 unspecified atom stereocenters. The number of rotatable bonds is 9. The lowest BCUT2D eigenvalue weighted by Gasteiger charge is -2.37. The Morgan fingerprint density at radius 1 is 1.11 bits per heavy atom. The predicted molar refractivity (Wildman–Crippen MR) is 135 cm³/mol. The van der Waals surface area contributed by atoms with Crippen molar-refractivity contribution in [3.63, 3.8) is 0 Å². The highest BCUT2D eigenvalue weighted by Crippen LogP contribution is 2.27. The molecule has 2 aromatic carbocycles. The first-order valence-corrected chi connectivity index (χ1v) is 14.0. The van der Waals surface area contributed by atoms with Gasteiger partial charge in [0.1, 0.15) is 5.75 Å². The minimum Gasteiger partial charge on any atom is -0.406 e. The lowest BCUT2D eigenvalue weighted by molar-refractivity contribution is -0.274. The number of hydrogen-bond donors (Lipinski definition) is 1. The third-order valence-corrected chi connectivity index (χ3v) is 8.25. The standard InChI is InChI=1S/C25H31ClF3N3O4S/c1-4-37(34,35)23-6-5-21(26)13-20(23)15-30-24(33)19-11-18(12-22(14-19)36-25(27,28)29)16-31-7-9-32(10-8-31)17(2)3/h5-6,11-14,17H,4,7-10,15-16H2,1-3H3,(H,30,33). The van der Waals surface area contributed by atoms with Crippen molar-refractivity contribution >= 4 is 27.3 Å². The number of piperazine rings is 1. The zero-order valence-corrected chi connectivity index (χ0v) is 22.5. The van der Waals surface area contributed by atoms with Gasteiger partial charge in [-0.2, -0.15) is 0 Å². The summed E-state index contributed by atoms with van der Waals surface area (Å²) in [5.74, 6) is -1.30. The number of sulfone groups is 1. The van der Waals surface area contributed by atoms with E-state index in [0.29, 0.717) is 23.2 Å². The zero-order valence-electron chi connectivity index (χ0n) is 20.9. The molecule has 0 bridgehead atoms. The molecule has 1 aliphatic rings. The molecule has 0 saturated carbocycles. The molecule has 2 aromatic rings. The highest BCUT2D eigenvalue weighted by atomic mass is 35.5. The van der Waals surface area contributed by atoms with Gasteiger partial charge < -0.3 is 10.1 Å². The van der Waals surface area contributed by atoms with Crippen molar-refractivity contribution in [3.05, 3.63) is 58.1 Å². The van der Waals surface area contributed by atoms with Crippen molar-refractivity contribution in [3.8, 4) is 5.75 Å². The number of benzene rings is 2. The number of carbonyl (C=O) groups excluding carboxylic acids is 1. The topological polar surface area (TPSA) is 79.0 Å². The second-order valence-electron chi connectivity index (χ2n) is 9.16. The number of hydrogen-bond acceptors (Lipinski definition) is 6. The lowest BCUT2D eigenvalue weighted by Crippen LogP contribution is -2.48. The van der Waals surface area contributed by atoms with Crippen LogP contribution in [0.4, 0.5) is 13.2 Å². The van der Waals surface area contributed by atoms with Crippen LogP contribution < -0.4 is 10.1 Å². The van der Waals surface area contributed by atoms with Gasteiger partial charge in [0, 0.05) is 55.9 Å². The van der Waals surface area contributed by atoms with Crippen LogP contribution in [0.5, 0.6) is 5.75 Å². The van der Waals surface area contributed by atoms with Crippen LogP contribution in [0.2, 0.25) is 5.02 Å². The van der Waals surface area contributed by atoms with Crippen molar-refractivity contribution in [2.45, 2.75) is 51.2 Å². The number of nitrogens with zero attached hydrogens (tertiary/aromatic N) is 2. The van der Waals surface area contributed by atoms with E-state index in [1.807, 2.05) is 0 Å². The number of amides is 1. The Balaban J connectivity index is 1.81. The van der Waals surface area contributed by atoms with Gasteiger partial charge in [0.2, 0.25) is 0 Å². The van der Waals surface area contributed by atoms with E-state index >= 15 is 0 Å². The molecule has 0 aliphatic carbocycles. The van der Waals surface area contributed by atoms with Crippen LogP contribution >= 0.6 is 11.6 Å². The number of carbonyl (C=O) groups is 1. The van der Waals surface area contributed by atoms with Gasteiger partial charge in [-0.1, -0.05) is 18.5 Å². The average molecular weight is 562 g/mol. The lowest BCUT2D eigenvalue weighted by atomic mass is 10.1. The van der Waals surface area contributed by atoms with Gasteiger partial charge in [0.15, 0.2) is 9.84 Å². The maximum atomic E-state index is 13.0. The Bertz CT molecular complexity index is 1210. The fraction of sp³-hybridized carbons (Fsp3) is 0.480. The molecule has 0 spiro atoms. The third-order valence-electron chi connectivity index (χ3n) is 6.18. The largest absolute Gasteiger partial charge is 0.573 e. The van der Waals surface area contributed by atoms with Crippen molar-refractivity contribution in [1.29, 1.82) is 0 Å². The summed E-state index contributed by atoms with van der Waals surface area (Å²) in [6.07, 6.45) is -4.92. The van der Waals surface area contributed by atoms with Crippen LogP contribution in [-0.4, -0.2) is 68.5 Å². The molecule has 0 radical (unpaired) electrons. The van der Waals surface area contributed by atoms with Crippen molar-refractivity contribution < 1.29 is 31.1 Å². The number of halogens is 4. The first-order chi connectivity index (χ1) is 17.3. The summed E-state index contributed by atoms with van der Waals surface area (Å²) < 4.78 is 67.9. The molecule has 37 heavy (non-hydrogen) atoms. The van der Waals surface area contributed by atoms with Crippen LogP contribution in [0.15, 0.2) is 41.3 Å². The molecule has 204 valence electrons. The summed E-state index contributed by atoms with van der Waals surface area (Å²) in [4.78, 5) is 17.4. The van der Waals surface area contributed by atoms with Crippen LogP contribution in [0.3, 0.4) is 0 Å². The SMILES string of the molecule is CCS(=O)(=O)c1ccc(Cl)cc1CNC(=O)c1cc(CN2CCN(C(C)C)CC2)cc(OC(F)(F)F)c1. The smallest absolute Gasteiger partial charge is 0.406 e. The Labute approximate surface area is 220 Å². The Kier molecular flexibility index (Phi) is 9.49. The monoisotopic (exact) mass is 561 g/mol. The second-order valence-corrected chi connectivity index (χ2v) is 11.8. The zero-order chi connectivity index (χ0) is 27.4. The van der Waals surface area contributed by atoms with Crippen LogP contribution in [0, 0.1) is 0 Å². The van der Waals surface area contributed by atoms with Crippen molar-refractivity contribution in [2.75, 3.05) is 31.9 Å². The second kappa shape index (κ2) is 12.0. The van der Waals surface area contributed by atoms with E-state index in [4.69, 9.17) is 11.6 Å². The van der Waals surface area contributed by atoms with Crippen LogP contribution in [0.25, 0.3) is 0 Å². The molecule has 0 atom stereocenters. The molecule has 3 rings (SSSR count). The fourth-order valence-electron chi connectivity index (χ4n) is 4.19. The van der Waals surface area contributed by atoms with E-state index in [0.717, 1.165) is 32.2 Å². The highest BCUT2D eigenvalue weighted by Gasteiger charge is 2.32. The van der Waals surface area contributed by atoms with E-state index in [1.165, 1.54) is 37.3 Å². The quantitative estimate of drug-likeness (QED) is 0.486. The maximum Gasteiger partial charge on any atom is 0.573 e. The normalized spacial score (nSPS) is 15.7. The molecule has 12 heteroatoms. The molecule has 0 aromatic heterocycles. The van der Waals surface area contributed by atoms with Crippen LogP contribution in [-0.2, 0) is 22.9 Å². The Hall–Kier alpha value is -2.34. The Morgan fingerprint density at radius 2 is 1.78 bits per heavy atom. The summed E-state index contributed by atoms with van der Waals surface area (Å²) in [5.41, 5.74) is 0.759. The molecule has 1 amide bonds. The maximum absolute atomic E-state index is 13.0. The molecule has 1 saturated heterocycles. The Morgan fingerprint density at radius 3 is 2.38 bits per heavy atom. The van der Waals surface area contributed by atoms with E-state index in [1.54, 1.807) is 0 Å². The molecule has 1 aliphatic heterocycles. The van der Waals surface area contributed by atoms with Gasteiger partial charge in [-0.25, -0.2) is 8.42 Å². The van der Waals surface area contributed by atoms with Crippen LogP contribution in [0.1, 0.15) is 42.3 Å². The molecular formula is C25H31ClF3N3O4S. The van der Waals surface area contributed by atoms with Gasteiger partial charge in [-0.15, -0.1) is 13.2 Å². The van der Waals surface area contributed by atoms with Gasteiger partial charge in [-0.05, 0) is 61.4 Å². The average Bonchev–Trinajstić information content (AvgIpc) is 2.81. The first kappa shape index (κ1) is 29.2. The number of alkyl halides is 3. The van der Waals surface area contributed by atoms with Gasteiger partial charge in [0.05, 0.1) is 10.6 Å².